The zero-order valence-corrected chi connectivity index (χ0v) is 17.5. The van der Waals surface area contributed by atoms with Crippen LogP contribution in [0.15, 0.2) is 47.0 Å². The molecule has 3 aromatic rings. The number of aromatic nitrogens is 2. The Labute approximate surface area is 176 Å². The summed E-state index contributed by atoms with van der Waals surface area (Å²) in [7, 11) is 1.63. The van der Waals surface area contributed by atoms with Crippen LogP contribution in [0.25, 0.3) is 11.4 Å². The average molecular weight is 406 g/mol. The van der Waals surface area contributed by atoms with Crippen molar-refractivity contribution in [2.45, 2.75) is 32.6 Å². The van der Waals surface area contributed by atoms with Crippen LogP contribution in [0.4, 0.5) is 10.5 Å². The van der Waals surface area contributed by atoms with E-state index in [-0.39, 0.29) is 11.9 Å². The highest BCUT2D eigenvalue weighted by Gasteiger charge is 2.29. The third-order valence-corrected chi connectivity index (χ3v) is 5.67. The summed E-state index contributed by atoms with van der Waals surface area (Å²) in [6.45, 7) is 5.32. The van der Waals surface area contributed by atoms with Gasteiger partial charge >= 0.3 is 6.03 Å². The van der Waals surface area contributed by atoms with E-state index in [9.17, 15) is 4.79 Å². The number of benzene rings is 2. The summed E-state index contributed by atoms with van der Waals surface area (Å²) in [5, 5.41) is 7.18. The van der Waals surface area contributed by atoms with Gasteiger partial charge in [-0.05, 0) is 56.0 Å². The molecule has 1 aliphatic rings. The lowest BCUT2D eigenvalue weighted by Gasteiger charge is -2.31. The lowest BCUT2D eigenvalue weighted by Crippen LogP contribution is -2.41. The molecule has 2 heterocycles. The van der Waals surface area contributed by atoms with Crippen LogP contribution in [0.1, 0.15) is 35.8 Å². The zero-order valence-electron chi connectivity index (χ0n) is 17.5. The SMILES string of the molecule is COc1cccc(-c2noc(C3CCCN(C(=O)Nc4cccc(C)c4C)C3)n2)c1. The topological polar surface area (TPSA) is 80.5 Å². The number of hydrogen-bond donors (Lipinski definition) is 1. The van der Waals surface area contributed by atoms with Crippen LogP contribution >= 0.6 is 0 Å². The van der Waals surface area contributed by atoms with Crippen LogP contribution in [0.2, 0.25) is 0 Å². The number of likely N-dealkylation sites (tertiary alicyclic amines) is 1. The number of ether oxygens (including phenoxy) is 1. The molecule has 1 N–H and O–H groups in total. The first-order valence-electron chi connectivity index (χ1n) is 10.2. The van der Waals surface area contributed by atoms with Crippen LogP contribution in [0.5, 0.6) is 5.75 Å². The Balaban J connectivity index is 1.46. The Morgan fingerprint density at radius 3 is 2.90 bits per heavy atom. The highest BCUT2D eigenvalue weighted by atomic mass is 16.5. The molecule has 156 valence electrons. The van der Waals surface area contributed by atoms with Gasteiger partial charge in [0.25, 0.3) is 0 Å². The van der Waals surface area contributed by atoms with Gasteiger partial charge in [0.2, 0.25) is 11.7 Å². The van der Waals surface area contributed by atoms with Gasteiger partial charge in [0, 0.05) is 24.3 Å². The molecule has 1 saturated heterocycles. The van der Waals surface area contributed by atoms with Gasteiger partial charge in [0.15, 0.2) is 0 Å². The molecule has 30 heavy (non-hydrogen) atoms. The highest BCUT2D eigenvalue weighted by molar-refractivity contribution is 5.90. The summed E-state index contributed by atoms with van der Waals surface area (Å²) in [6, 6.07) is 13.4. The predicted octanol–water partition coefficient (Wildman–Crippen LogP) is 4.77. The molecule has 1 aromatic heterocycles. The Bertz CT molecular complexity index is 1050. The Hall–Kier alpha value is -3.35. The summed E-state index contributed by atoms with van der Waals surface area (Å²) >= 11 is 0. The van der Waals surface area contributed by atoms with Crippen molar-refractivity contribution in [3.8, 4) is 17.1 Å². The van der Waals surface area contributed by atoms with Gasteiger partial charge in [-0.25, -0.2) is 4.79 Å². The number of piperidine rings is 1. The van der Waals surface area contributed by atoms with Crippen LogP contribution in [-0.4, -0.2) is 41.3 Å². The zero-order chi connectivity index (χ0) is 21.1. The van der Waals surface area contributed by atoms with E-state index in [2.05, 4.69) is 15.5 Å². The largest absolute Gasteiger partial charge is 0.497 e. The Morgan fingerprint density at radius 2 is 2.07 bits per heavy atom. The van der Waals surface area contributed by atoms with Crippen LogP contribution in [0.3, 0.4) is 0 Å². The summed E-state index contributed by atoms with van der Waals surface area (Å²) in [5.41, 5.74) is 3.92. The van der Waals surface area contributed by atoms with E-state index < -0.39 is 0 Å². The molecule has 4 rings (SSSR count). The third-order valence-electron chi connectivity index (χ3n) is 5.67. The summed E-state index contributed by atoms with van der Waals surface area (Å²) in [6.07, 6.45) is 1.80. The van der Waals surface area contributed by atoms with Crippen molar-refractivity contribution in [1.29, 1.82) is 0 Å². The van der Waals surface area contributed by atoms with E-state index in [1.807, 2.05) is 61.2 Å². The molecule has 0 spiro atoms. The van der Waals surface area contributed by atoms with E-state index in [4.69, 9.17) is 9.26 Å². The molecule has 2 aromatic carbocycles. The van der Waals surface area contributed by atoms with Crippen molar-refractivity contribution in [1.82, 2.24) is 15.0 Å². The minimum absolute atomic E-state index is 0.0231. The fraction of sp³-hybridized carbons (Fsp3) is 0.348. The van der Waals surface area contributed by atoms with Gasteiger partial charge in [-0.1, -0.05) is 29.4 Å². The van der Waals surface area contributed by atoms with Crippen molar-refractivity contribution in [3.63, 3.8) is 0 Å². The van der Waals surface area contributed by atoms with Crippen molar-refractivity contribution < 1.29 is 14.1 Å². The van der Waals surface area contributed by atoms with Crippen molar-refractivity contribution in [2.75, 3.05) is 25.5 Å². The fourth-order valence-corrected chi connectivity index (χ4v) is 3.72. The molecule has 1 aliphatic heterocycles. The van der Waals surface area contributed by atoms with Crippen molar-refractivity contribution >= 4 is 11.7 Å². The lowest BCUT2D eigenvalue weighted by molar-refractivity contribution is 0.184. The molecule has 7 nitrogen and oxygen atoms in total. The van der Waals surface area contributed by atoms with Gasteiger partial charge in [-0.2, -0.15) is 4.98 Å². The number of aryl methyl sites for hydroxylation is 1. The van der Waals surface area contributed by atoms with Gasteiger partial charge in [-0.3, -0.25) is 0 Å². The standard InChI is InChI=1S/C23H26N4O3/c1-15-7-4-11-20(16(15)2)24-23(28)27-12-6-9-18(14-27)22-25-21(26-30-22)17-8-5-10-19(13-17)29-3/h4-5,7-8,10-11,13,18H,6,9,12,14H2,1-3H3,(H,24,28). The maximum atomic E-state index is 12.8. The fourth-order valence-electron chi connectivity index (χ4n) is 3.72. The second kappa shape index (κ2) is 8.57. The summed E-state index contributed by atoms with van der Waals surface area (Å²) in [4.78, 5) is 19.3. The number of carbonyl (C=O) groups is 1. The highest BCUT2D eigenvalue weighted by Crippen LogP contribution is 2.29. The predicted molar refractivity (Wildman–Crippen MR) is 115 cm³/mol. The average Bonchev–Trinajstić information content (AvgIpc) is 3.27. The van der Waals surface area contributed by atoms with Gasteiger partial charge in [-0.15, -0.1) is 0 Å². The maximum absolute atomic E-state index is 12.8. The number of amides is 2. The minimum atomic E-state index is -0.0964. The van der Waals surface area contributed by atoms with Crippen LogP contribution in [0, 0.1) is 13.8 Å². The van der Waals surface area contributed by atoms with Crippen molar-refractivity contribution in [3.05, 3.63) is 59.5 Å². The second-order valence-electron chi connectivity index (χ2n) is 7.65. The normalized spacial score (nSPS) is 16.4. The molecular weight excluding hydrogens is 380 g/mol. The minimum Gasteiger partial charge on any atom is -0.497 e. The van der Waals surface area contributed by atoms with Gasteiger partial charge < -0.3 is 19.5 Å². The number of anilines is 1. The number of urea groups is 1. The van der Waals surface area contributed by atoms with Crippen molar-refractivity contribution in [2.24, 2.45) is 0 Å². The first kappa shape index (κ1) is 19.9. The van der Waals surface area contributed by atoms with E-state index in [0.29, 0.717) is 24.8 Å². The number of methoxy groups -OCH3 is 1. The van der Waals surface area contributed by atoms with E-state index in [0.717, 1.165) is 41.0 Å². The van der Waals surface area contributed by atoms with E-state index >= 15 is 0 Å². The molecule has 0 bridgehead atoms. The van der Waals surface area contributed by atoms with Gasteiger partial charge in [0.1, 0.15) is 5.75 Å². The summed E-state index contributed by atoms with van der Waals surface area (Å²) in [5.74, 6) is 1.86. The molecule has 1 fully saturated rings. The second-order valence-corrected chi connectivity index (χ2v) is 7.65. The molecule has 1 unspecified atom stereocenters. The van der Waals surface area contributed by atoms with Gasteiger partial charge in [0.05, 0.1) is 13.0 Å². The number of hydrogen-bond acceptors (Lipinski definition) is 5. The molecule has 0 radical (unpaired) electrons. The van der Waals surface area contributed by atoms with Crippen LogP contribution in [-0.2, 0) is 0 Å². The maximum Gasteiger partial charge on any atom is 0.321 e. The quantitative estimate of drug-likeness (QED) is 0.675. The van der Waals surface area contributed by atoms with Crippen LogP contribution < -0.4 is 10.1 Å². The first-order valence-corrected chi connectivity index (χ1v) is 10.2. The third kappa shape index (κ3) is 4.15. The van der Waals surface area contributed by atoms with E-state index in [1.165, 1.54) is 0 Å². The molecule has 0 aliphatic carbocycles. The smallest absolute Gasteiger partial charge is 0.321 e. The molecular formula is C23H26N4O3. The number of rotatable bonds is 4. The summed E-state index contributed by atoms with van der Waals surface area (Å²) < 4.78 is 10.8. The van der Waals surface area contributed by atoms with E-state index in [1.54, 1.807) is 7.11 Å². The molecule has 7 heteroatoms. The Kier molecular flexibility index (Phi) is 5.70. The number of nitrogens with one attached hydrogen (secondary N) is 1. The number of nitrogens with zero attached hydrogens (tertiary/aromatic N) is 3. The Morgan fingerprint density at radius 1 is 1.23 bits per heavy atom. The first-order chi connectivity index (χ1) is 14.5. The molecule has 1 atom stereocenters. The lowest BCUT2D eigenvalue weighted by atomic mass is 9.98. The molecule has 2 amide bonds. The monoisotopic (exact) mass is 406 g/mol. The molecule has 0 saturated carbocycles. The number of carbonyl (C=O) groups excluding carboxylic acids is 1.